The zero-order valence-corrected chi connectivity index (χ0v) is 12.6. The van der Waals surface area contributed by atoms with Gasteiger partial charge in [-0.05, 0) is 18.2 Å². The van der Waals surface area contributed by atoms with Crippen LogP contribution in [0.2, 0.25) is 0 Å². The van der Waals surface area contributed by atoms with Crippen molar-refractivity contribution in [3.63, 3.8) is 0 Å². The first-order chi connectivity index (χ1) is 8.71. The summed E-state index contributed by atoms with van der Waals surface area (Å²) in [6.07, 6.45) is 0.0631. The first-order valence-electron chi connectivity index (χ1n) is 5.76. The van der Waals surface area contributed by atoms with E-state index in [1.807, 2.05) is 18.2 Å². The molecule has 0 heterocycles. The van der Waals surface area contributed by atoms with E-state index in [1.165, 1.54) is 0 Å². The summed E-state index contributed by atoms with van der Waals surface area (Å²) in [6.45, 7) is 2.05. The minimum absolute atomic E-state index is 0.0631. The smallest absolute Gasteiger partial charge is 0.123 e. The number of benzene rings is 1. The van der Waals surface area contributed by atoms with Gasteiger partial charge in [0.25, 0.3) is 0 Å². The lowest BCUT2D eigenvalue weighted by Crippen LogP contribution is -2.31. The molecule has 0 fully saturated rings. The third-order valence-corrected chi connectivity index (χ3v) is 3.11. The number of hydrogen-bond acceptors (Lipinski definition) is 4. The molecule has 0 saturated heterocycles. The van der Waals surface area contributed by atoms with Crippen LogP contribution in [0, 0.1) is 0 Å². The van der Waals surface area contributed by atoms with Crippen LogP contribution in [0.15, 0.2) is 22.7 Å². The summed E-state index contributed by atoms with van der Waals surface area (Å²) in [5.74, 6) is 0.881. The van der Waals surface area contributed by atoms with Crippen LogP contribution >= 0.6 is 15.9 Å². The monoisotopic (exact) mass is 317 g/mol. The minimum Gasteiger partial charge on any atom is -0.496 e. The number of hydrogen-bond donors (Lipinski definition) is 1. The highest BCUT2D eigenvalue weighted by Crippen LogP contribution is 2.22. The minimum atomic E-state index is 0.0631. The Morgan fingerprint density at radius 1 is 1.28 bits per heavy atom. The standard InChI is InChI=1S/C13H20BrNO3/c1-16-9-12(17-2)8-15-7-10-6-11(14)4-5-13(10)18-3/h4-6,12,15H,7-9H2,1-3H3. The van der Waals surface area contributed by atoms with Crippen LogP contribution in [-0.4, -0.2) is 40.6 Å². The molecule has 0 saturated carbocycles. The number of halogens is 1. The molecule has 0 aliphatic heterocycles. The van der Waals surface area contributed by atoms with E-state index in [2.05, 4.69) is 21.2 Å². The van der Waals surface area contributed by atoms with E-state index in [9.17, 15) is 0 Å². The van der Waals surface area contributed by atoms with E-state index in [0.29, 0.717) is 6.61 Å². The molecule has 0 radical (unpaired) electrons. The largest absolute Gasteiger partial charge is 0.496 e. The number of ether oxygens (including phenoxy) is 3. The van der Waals surface area contributed by atoms with E-state index < -0.39 is 0 Å². The summed E-state index contributed by atoms with van der Waals surface area (Å²) in [5, 5.41) is 3.33. The number of nitrogens with one attached hydrogen (secondary N) is 1. The van der Waals surface area contributed by atoms with Crippen molar-refractivity contribution in [1.29, 1.82) is 0 Å². The van der Waals surface area contributed by atoms with Gasteiger partial charge in [0.1, 0.15) is 5.75 Å². The van der Waals surface area contributed by atoms with Gasteiger partial charge in [0.2, 0.25) is 0 Å². The van der Waals surface area contributed by atoms with Crippen molar-refractivity contribution in [2.45, 2.75) is 12.6 Å². The fraction of sp³-hybridized carbons (Fsp3) is 0.538. The lowest BCUT2D eigenvalue weighted by atomic mass is 10.2. The van der Waals surface area contributed by atoms with Gasteiger partial charge in [-0.25, -0.2) is 0 Å². The third-order valence-electron chi connectivity index (χ3n) is 2.62. The topological polar surface area (TPSA) is 39.7 Å². The van der Waals surface area contributed by atoms with Gasteiger partial charge < -0.3 is 19.5 Å². The van der Waals surface area contributed by atoms with Crippen LogP contribution in [-0.2, 0) is 16.0 Å². The molecule has 1 rings (SSSR count). The summed E-state index contributed by atoms with van der Waals surface area (Å²) < 4.78 is 16.7. The molecule has 5 heteroatoms. The molecule has 0 aliphatic carbocycles. The van der Waals surface area contributed by atoms with E-state index in [4.69, 9.17) is 14.2 Å². The SMILES string of the molecule is COCC(CNCc1cc(Br)ccc1OC)OC. The second kappa shape index (κ2) is 8.48. The maximum absolute atomic E-state index is 5.31. The van der Waals surface area contributed by atoms with Gasteiger partial charge in [0.15, 0.2) is 0 Å². The first-order valence-corrected chi connectivity index (χ1v) is 6.55. The summed E-state index contributed by atoms with van der Waals surface area (Å²) in [7, 11) is 5.03. The fourth-order valence-electron chi connectivity index (χ4n) is 1.65. The Kier molecular flexibility index (Phi) is 7.27. The molecule has 0 aromatic heterocycles. The first kappa shape index (κ1) is 15.4. The van der Waals surface area contributed by atoms with Gasteiger partial charge in [-0.3, -0.25) is 0 Å². The van der Waals surface area contributed by atoms with Crippen molar-refractivity contribution in [2.75, 3.05) is 34.5 Å². The number of methoxy groups -OCH3 is 3. The summed E-state index contributed by atoms with van der Waals surface area (Å²) in [6, 6.07) is 5.96. The Bertz CT molecular complexity index is 360. The molecule has 0 spiro atoms. The van der Waals surface area contributed by atoms with Gasteiger partial charge in [0, 0.05) is 37.3 Å². The second-order valence-electron chi connectivity index (χ2n) is 3.90. The Morgan fingerprint density at radius 3 is 2.67 bits per heavy atom. The van der Waals surface area contributed by atoms with E-state index in [1.54, 1.807) is 21.3 Å². The average Bonchev–Trinajstić information content (AvgIpc) is 2.38. The zero-order chi connectivity index (χ0) is 13.4. The molecule has 0 aliphatic rings. The highest BCUT2D eigenvalue weighted by Gasteiger charge is 2.08. The van der Waals surface area contributed by atoms with Crippen molar-refractivity contribution < 1.29 is 14.2 Å². The van der Waals surface area contributed by atoms with Crippen molar-refractivity contribution >= 4 is 15.9 Å². The van der Waals surface area contributed by atoms with E-state index in [-0.39, 0.29) is 6.10 Å². The highest BCUT2D eigenvalue weighted by atomic mass is 79.9. The molecular formula is C13H20BrNO3. The van der Waals surface area contributed by atoms with E-state index in [0.717, 1.165) is 28.9 Å². The summed E-state index contributed by atoms with van der Waals surface area (Å²) in [5.41, 5.74) is 1.11. The van der Waals surface area contributed by atoms with Gasteiger partial charge in [-0.15, -0.1) is 0 Å². The Balaban J connectivity index is 2.49. The predicted octanol–water partition coefficient (Wildman–Crippen LogP) is 2.21. The molecule has 1 N–H and O–H groups in total. The van der Waals surface area contributed by atoms with Crippen LogP contribution < -0.4 is 10.1 Å². The maximum atomic E-state index is 5.31. The average molecular weight is 318 g/mol. The van der Waals surface area contributed by atoms with E-state index >= 15 is 0 Å². The van der Waals surface area contributed by atoms with Crippen LogP contribution in [0.3, 0.4) is 0 Å². The normalized spacial score (nSPS) is 12.4. The van der Waals surface area contributed by atoms with Gasteiger partial charge in [-0.2, -0.15) is 0 Å². The maximum Gasteiger partial charge on any atom is 0.123 e. The molecule has 1 aromatic carbocycles. The predicted molar refractivity (Wildman–Crippen MR) is 75.1 cm³/mol. The van der Waals surface area contributed by atoms with Crippen LogP contribution in [0.1, 0.15) is 5.56 Å². The number of rotatable bonds is 8. The molecule has 1 atom stereocenters. The summed E-state index contributed by atoms with van der Waals surface area (Å²) in [4.78, 5) is 0. The zero-order valence-electron chi connectivity index (χ0n) is 11.0. The molecule has 0 amide bonds. The van der Waals surface area contributed by atoms with Crippen LogP contribution in [0.25, 0.3) is 0 Å². The molecular weight excluding hydrogens is 298 g/mol. The Labute approximate surface area is 117 Å². The lowest BCUT2D eigenvalue weighted by molar-refractivity contribution is 0.0287. The molecule has 102 valence electrons. The quantitative estimate of drug-likeness (QED) is 0.798. The third kappa shape index (κ3) is 4.94. The molecule has 1 aromatic rings. The molecule has 18 heavy (non-hydrogen) atoms. The fourth-order valence-corrected chi connectivity index (χ4v) is 2.06. The van der Waals surface area contributed by atoms with Gasteiger partial charge >= 0.3 is 0 Å². The van der Waals surface area contributed by atoms with Crippen LogP contribution in [0.5, 0.6) is 5.75 Å². The Morgan fingerprint density at radius 2 is 2.06 bits per heavy atom. The highest BCUT2D eigenvalue weighted by molar-refractivity contribution is 9.10. The van der Waals surface area contributed by atoms with Crippen molar-refractivity contribution in [1.82, 2.24) is 5.32 Å². The van der Waals surface area contributed by atoms with Gasteiger partial charge in [-0.1, -0.05) is 15.9 Å². The van der Waals surface area contributed by atoms with Crippen molar-refractivity contribution in [2.24, 2.45) is 0 Å². The molecule has 1 unspecified atom stereocenters. The second-order valence-corrected chi connectivity index (χ2v) is 4.82. The summed E-state index contributed by atoms with van der Waals surface area (Å²) >= 11 is 3.46. The van der Waals surface area contributed by atoms with Crippen molar-refractivity contribution in [3.05, 3.63) is 28.2 Å². The lowest BCUT2D eigenvalue weighted by Gasteiger charge is -2.16. The van der Waals surface area contributed by atoms with Gasteiger partial charge in [0.05, 0.1) is 19.8 Å². The molecule has 0 bridgehead atoms. The van der Waals surface area contributed by atoms with Crippen LogP contribution in [0.4, 0.5) is 0 Å². The molecule has 4 nitrogen and oxygen atoms in total. The van der Waals surface area contributed by atoms with Crippen molar-refractivity contribution in [3.8, 4) is 5.75 Å². The Hall–Kier alpha value is -0.620.